The summed E-state index contributed by atoms with van der Waals surface area (Å²) >= 11 is 3.84. The van der Waals surface area contributed by atoms with Gasteiger partial charge in [-0.05, 0) is 26.2 Å². The Hall–Kier alpha value is -3.07. The molecule has 0 radical (unpaired) electrons. The molecule has 32 heavy (non-hydrogen) atoms. The first-order valence-corrected chi connectivity index (χ1v) is 10.3. The number of hydrogen-bond donors (Lipinski definition) is 9. The minimum Gasteiger partial charge on any atom is -0.481 e. The van der Waals surface area contributed by atoms with Gasteiger partial charge < -0.3 is 43.4 Å². The van der Waals surface area contributed by atoms with Crippen LogP contribution in [0.15, 0.2) is 4.99 Å². The van der Waals surface area contributed by atoms with E-state index in [0.717, 1.165) is 0 Å². The minimum absolute atomic E-state index is 0.0860. The maximum atomic E-state index is 12.6. The van der Waals surface area contributed by atoms with Crippen molar-refractivity contribution in [1.82, 2.24) is 16.0 Å². The van der Waals surface area contributed by atoms with Crippen LogP contribution in [-0.2, 0) is 24.0 Å². The van der Waals surface area contributed by atoms with Crippen molar-refractivity contribution in [2.45, 2.75) is 56.8 Å². The highest BCUT2D eigenvalue weighted by molar-refractivity contribution is 7.80. The molecule has 0 aliphatic heterocycles. The van der Waals surface area contributed by atoms with Gasteiger partial charge in [-0.25, -0.2) is 4.79 Å². The zero-order valence-corrected chi connectivity index (χ0v) is 18.5. The zero-order valence-electron chi connectivity index (χ0n) is 17.6. The fourth-order valence-electron chi connectivity index (χ4n) is 2.32. The first-order chi connectivity index (χ1) is 14.9. The van der Waals surface area contributed by atoms with Crippen LogP contribution in [0.2, 0.25) is 0 Å². The molecule has 0 aromatic carbocycles. The van der Waals surface area contributed by atoms with Gasteiger partial charge in [0.25, 0.3) is 0 Å². The molecule has 0 aliphatic carbocycles. The van der Waals surface area contributed by atoms with Crippen LogP contribution in [-0.4, -0.2) is 82.3 Å². The number of nitrogens with two attached hydrogens (primary N) is 3. The fraction of sp³-hybridized carbons (Fsp3) is 0.647. The Labute approximate surface area is 190 Å². The SMILES string of the molecule is CC(NC(=O)C(CCCN=C(N)N)NC(=O)C(N)CCC(=O)O)C(=O)NC(CS)C(=O)O. The summed E-state index contributed by atoms with van der Waals surface area (Å²) in [6.45, 7) is 1.51. The van der Waals surface area contributed by atoms with Gasteiger partial charge in [0.05, 0.1) is 6.04 Å². The molecule has 0 bridgehead atoms. The van der Waals surface area contributed by atoms with Gasteiger partial charge in [-0.3, -0.25) is 24.2 Å². The maximum Gasteiger partial charge on any atom is 0.327 e. The first kappa shape index (κ1) is 28.9. The Kier molecular flexibility index (Phi) is 13.4. The van der Waals surface area contributed by atoms with Crippen LogP contribution in [0.25, 0.3) is 0 Å². The molecule has 0 aromatic heterocycles. The molecular weight excluding hydrogens is 446 g/mol. The number of carbonyl (C=O) groups is 5. The summed E-state index contributed by atoms with van der Waals surface area (Å²) in [5.74, 6) is -4.94. The number of amides is 3. The number of nitrogens with zero attached hydrogens (tertiary/aromatic N) is 1. The molecule has 0 heterocycles. The van der Waals surface area contributed by atoms with Gasteiger partial charge in [0.2, 0.25) is 17.7 Å². The van der Waals surface area contributed by atoms with E-state index >= 15 is 0 Å². The number of thiol groups is 1. The van der Waals surface area contributed by atoms with E-state index in [9.17, 15) is 24.0 Å². The van der Waals surface area contributed by atoms with E-state index in [2.05, 4.69) is 33.6 Å². The van der Waals surface area contributed by atoms with Gasteiger partial charge in [0.15, 0.2) is 5.96 Å². The van der Waals surface area contributed by atoms with Crippen LogP contribution in [0.4, 0.5) is 0 Å². The Balaban J connectivity index is 5.12. The number of hydrogen-bond acceptors (Lipinski definition) is 8. The Morgan fingerprint density at radius 1 is 0.938 bits per heavy atom. The second-order valence-corrected chi connectivity index (χ2v) is 7.23. The smallest absolute Gasteiger partial charge is 0.327 e. The number of aliphatic imine (C=N–C) groups is 1. The van der Waals surface area contributed by atoms with Gasteiger partial charge in [0, 0.05) is 18.7 Å². The quantitative estimate of drug-likeness (QED) is 0.0492. The first-order valence-electron chi connectivity index (χ1n) is 9.66. The molecule has 11 N–H and O–H groups in total. The molecule has 4 unspecified atom stereocenters. The van der Waals surface area contributed by atoms with Crippen LogP contribution in [0, 0.1) is 0 Å². The number of carboxylic acids is 2. The molecule has 0 aromatic rings. The zero-order chi connectivity index (χ0) is 24.8. The Morgan fingerprint density at radius 3 is 2.03 bits per heavy atom. The van der Waals surface area contributed by atoms with Crippen molar-refractivity contribution >= 4 is 48.2 Å². The van der Waals surface area contributed by atoms with Crippen molar-refractivity contribution in [3.05, 3.63) is 0 Å². The summed E-state index contributed by atoms with van der Waals surface area (Å²) in [6, 6.07) is -4.65. The monoisotopic (exact) mass is 477 g/mol. The van der Waals surface area contributed by atoms with Gasteiger partial charge in [-0.15, -0.1) is 0 Å². The summed E-state index contributed by atoms with van der Waals surface area (Å²) in [5.41, 5.74) is 16.2. The summed E-state index contributed by atoms with van der Waals surface area (Å²) in [4.78, 5) is 62.5. The topological polar surface area (TPSA) is 252 Å². The number of nitrogens with one attached hydrogen (secondary N) is 3. The molecule has 0 rings (SSSR count). The average molecular weight is 478 g/mol. The molecule has 0 fully saturated rings. The molecule has 182 valence electrons. The van der Waals surface area contributed by atoms with E-state index in [4.69, 9.17) is 27.4 Å². The maximum absolute atomic E-state index is 12.6. The standard InChI is InChI=1S/C17H31N7O7S/c1-8(13(27)24-11(7-32)16(30)31)22-15(29)10(3-2-6-21-17(19)20)23-14(28)9(18)4-5-12(25)26/h8-11,32H,2-7,18H2,1H3,(H,22,29)(H,23,28)(H,24,27)(H,25,26)(H,30,31)(H4,19,20,21). The molecular formula is C17H31N7O7S. The molecule has 14 nitrogen and oxygen atoms in total. The third kappa shape index (κ3) is 11.9. The third-order valence-corrected chi connectivity index (χ3v) is 4.50. The van der Waals surface area contributed by atoms with Crippen molar-refractivity contribution < 1.29 is 34.2 Å². The molecule has 0 spiro atoms. The normalized spacial score (nSPS) is 14.2. The second kappa shape index (κ2) is 14.9. The van der Waals surface area contributed by atoms with Crippen LogP contribution < -0.4 is 33.2 Å². The van der Waals surface area contributed by atoms with E-state index in [-0.39, 0.29) is 37.5 Å². The lowest BCUT2D eigenvalue weighted by molar-refractivity contribution is -0.141. The number of guanidine groups is 1. The highest BCUT2D eigenvalue weighted by Gasteiger charge is 2.28. The van der Waals surface area contributed by atoms with Crippen LogP contribution >= 0.6 is 12.6 Å². The summed E-state index contributed by atoms with van der Waals surface area (Å²) in [7, 11) is 0. The molecule has 0 saturated heterocycles. The minimum atomic E-state index is -1.29. The molecule has 4 atom stereocenters. The predicted molar refractivity (Wildman–Crippen MR) is 118 cm³/mol. The number of aliphatic carboxylic acids is 2. The van der Waals surface area contributed by atoms with Crippen molar-refractivity contribution in [2.24, 2.45) is 22.2 Å². The van der Waals surface area contributed by atoms with Crippen molar-refractivity contribution in [2.75, 3.05) is 12.3 Å². The van der Waals surface area contributed by atoms with E-state index in [1.54, 1.807) is 0 Å². The second-order valence-electron chi connectivity index (χ2n) is 6.86. The van der Waals surface area contributed by atoms with E-state index < -0.39 is 53.8 Å². The fourth-order valence-corrected chi connectivity index (χ4v) is 2.57. The molecule has 15 heteroatoms. The van der Waals surface area contributed by atoms with Crippen LogP contribution in [0.5, 0.6) is 0 Å². The number of carboxylic acid groups (broad SMARTS) is 2. The lowest BCUT2D eigenvalue weighted by atomic mass is 10.1. The summed E-state index contributed by atoms with van der Waals surface area (Å²) in [6.07, 6.45) is -0.0870. The van der Waals surface area contributed by atoms with Crippen LogP contribution in [0.3, 0.4) is 0 Å². The lowest BCUT2D eigenvalue weighted by Crippen LogP contribution is -2.56. The van der Waals surface area contributed by atoms with Gasteiger partial charge in [0.1, 0.15) is 18.1 Å². The van der Waals surface area contributed by atoms with Crippen molar-refractivity contribution in [3.63, 3.8) is 0 Å². The highest BCUT2D eigenvalue weighted by Crippen LogP contribution is 2.03. The van der Waals surface area contributed by atoms with E-state index in [0.29, 0.717) is 6.42 Å². The van der Waals surface area contributed by atoms with Gasteiger partial charge in [-0.1, -0.05) is 0 Å². The highest BCUT2D eigenvalue weighted by atomic mass is 32.1. The Bertz CT molecular complexity index is 715. The summed E-state index contributed by atoms with van der Waals surface area (Å²) < 4.78 is 0. The van der Waals surface area contributed by atoms with E-state index in [1.807, 2.05) is 0 Å². The summed E-state index contributed by atoms with van der Waals surface area (Å²) in [5, 5.41) is 24.7. The van der Waals surface area contributed by atoms with Crippen LogP contribution in [0.1, 0.15) is 32.6 Å². The number of rotatable bonds is 15. The van der Waals surface area contributed by atoms with Gasteiger partial charge >= 0.3 is 11.9 Å². The van der Waals surface area contributed by atoms with E-state index in [1.165, 1.54) is 6.92 Å². The molecule has 3 amide bonds. The largest absolute Gasteiger partial charge is 0.481 e. The third-order valence-electron chi connectivity index (χ3n) is 4.13. The van der Waals surface area contributed by atoms with Crippen molar-refractivity contribution in [1.29, 1.82) is 0 Å². The lowest BCUT2D eigenvalue weighted by Gasteiger charge is -2.23. The molecule has 0 aliphatic rings. The van der Waals surface area contributed by atoms with Crippen molar-refractivity contribution in [3.8, 4) is 0 Å². The number of carbonyl (C=O) groups excluding carboxylic acids is 3. The molecule has 0 saturated carbocycles. The predicted octanol–water partition coefficient (Wildman–Crippen LogP) is -3.28. The Morgan fingerprint density at radius 2 is 1.53 bits per heavy atom. The van der Waals surface area contributed by atoms with Gasteiger partial charge in [-0.2, -0.15) is 12.6 Å². The average Bonchev–Trinajstić information content (AvgIpc) is 2.71.